The largest absolute Gasteiger partial charge is 0.451 e. The molecule has 2 unspecified atom stereocenters. The van der Waals surface area contributed by atoms with Crippen molar-refractivity contribution in [3.63, 3.8) is 0 Å². The van der Waals surface area contributed by atoms with Crippen molar-refractivity contribution in [2.45, 2.75) is 35.8 Å². The lowest BCUT2D eigenvalue weighted by Crippen LogP contribution is -2.50. The molecule has 0 fully saturated rings. The Morgan fingerprint density at radius 1 is 0.396 bits per heavy atom. The van der Waals surface area contributed by atoms with E-state index in [4.69, 9.17) is 89.3 Å². The number of ether oxygens (including phenoxy) is 14. The summed E-state index contributed by atoms with van der Waals surface area (Å²) >= 11 is 0. The molecular weight excluding hydrogens is 1460 g/mol. The number of halogens is 4. The summed E-state index contributed by atoms with van der Waals surface area (Å²) in [4.78, 5) is 54.8. The monoisotopic (exact) mass is 1550 g/mol. The number of aliphatic imine (C=N–C) groups is 2. The first-order chi connectivity index (χ1) is 50.8. The van der Waals surface area contributed by atoms with Crippen molar-refractivity contribution < 1.29 is 130 Å². The number of nitrogens with zero attached hydrogens (tertiary/aromatic N) is 2. The maximum absolute atomic E-state index is 14.8. The molecular formula is C66H92F4N10O24S2. The number of aliphatic hydroxyl groups is 2. The summed E-state index contributed by atoms with van der Waals surface area (Å²) in [6.45, 7) is 8.06. The number of guanidine groups is 2. The van der Waals surface area contributed by atoms with Crippen LogP contribution in [-0.4, -0.2) is 260 Å². The van der Waals surface area contributed by atoms with E-state index >= 15 is 0 Å². The first-order valence-corrected chi connectivity index (χ1v) is 35.8. The van der Waals surface area contributed by atoms with Gasteiger partial charge in [0.05, 0.1) is 168 Å². The third-order valence-electron chi connectivity index (χ3n) is 13.4. The third-order valence-corrected chi connectivity index (χ3v) is 16.3. The highest BCUT2D eigenvalue weighted by Gasteiger charge is 2.30. The van der Waals surface area contributed by atoms with Crippen LogP contribution in [0, 0.1) is 23.3 Å². The van der Waals surface area contributed by atoms with E-state index in [2.05, 4.69) is 30.1 Å². The lowest BCUT2D eigenvalue weighted by atomic mass is 10.1. The van der Waals surface area contributed by atoms with Gasteiger partial charge in [-0.05, 0) is 110 Å². The lowest BCUT2D eigenvalue weighted by molar-refractivity contribution is -0.146. The minimum absolute atomic E-state index is 0.00606. The number of sulfonamides is 2. The summed E-state index contributed by atoms with van der Waals surface area (Å²) in [5.74, 6) is -10.4. The zero-order valence-corrected chi connectivity index (χ0v) is 60.1. The average molecular weight is 1550 g/mol. The van der Waals surface area contributed by atoms with Gasteiger partial charge in [0.2, 0.25) is 20.0 Å². The number of nitrogens with one attached hydrogen (secondary N) is 4. The SMILES string of the molecule is CC(=Cc1cc(F)c(Oc2ccc(S(=O)(=O)NCCOCCOCCOCCOCCOCCOCCNC(=O)C(O)C(O)C(=O)NCCOCCOCCOCCOCCOCCOCCNS(=O)(=O)c3ccc(Oc4c(F)cc(C=C(C)C(=O)N=C(N)N)cc4F)cc3)cc2)c(F)c1)C(=O)N=C(N)N. The van der Waals surface area contributed by atoms with Crippen molar-refractivity contribution >= 4 is 67.7 Å². The fourth-order valence-corrected chi connectivity index (χ4v) is 10.2. The molecule has 14 N–H and O–H groups in total. The summed E-state index contributed by atoms with van der Waals surface area (Å²) in [5, 5.41) is 25.0. The molecule has 4 aromatic rings. The normalized spacial score (nSPS) is 12.5. The van der Waals surface area contributed by atoms with Gasteiger partial charge in [0.1, 0.15) is 11.5 Å². The number of rotatable bonds is 57. The Balaban J connectivity index is 0.845. The summed E-state index contributed by atoms with van der Waals surface area (Å²) in [7, 11) is -7.92. The van der Waals surface area contributed by atoms with Gasteiger partial charge < -0.3 is 110 Å². The molecule has 34 nitrogen and oxygen atoms in total. The second-order valence-electron chi connectivity index (χ2n) is 21.7. The third kappa shape index (κ3) is 37.3. The molecule has 0 aliphatic rings. The van der Waals surface area contributed by atoms with Crippen LogP contribution in [0.25, 0.3) is 12.2 Å². The molecule has 0 bridgehead atoms. The van der Waals surface area contributed by atoms with Gasteiger partial charge in [0.15, 0.2) is 58.9 Å². The van der Waals surface area contributed by atoms with Gasteiger partial charge >= 0.3 is 0 Å². The first-order valence-electron chi connectivity index (χ1n) is 32.8. The molecule has 590 valence electrons. The van der Waals surface area contributed by atoms with Gasteiger partial charge in [-0.15, -0.1) is 0 Å². The van der Waals surface area contributed by atoms with Crippen LogP contribution >= 0.6 is 0 Å². The molecule has 40 heteroatoms. The predicted molar refractivity (Wildman–Crippen MR) is 373 cm³/mol. The molecule has 0 saturated heterocycles. The maximum atomic E-state index is 14.8. The van der Waals surface area contributed by atoms with Gasteiger partial charge in [0.25, 0.3) is 23.6 Å². The van der Waals surface area contributed by atoms with Gasteiger partial charge in [-0.2, -0.15) is 9.98 Å². The lowest BCUT2D eigenvalue weighted by Gasteiger charge is -2.17. The van der Waals surface area contributed by atoms with Crippen molar-refractivity contribution in [3.8, 4) is 23.0 Å². The van der Waals surface area contributed by atoms with E-state index in [-0.39, 0.29) is 175 Å². The summed E-state index contributed by atoms with van der Waals surface area (Å²) in [5.41, 5.74) is 20.8. The van der Waals surface area contributed by atoms with E-state index in [0.29, 0.717) is 52.9 Å². The highest BCUT2D eigenvalue weighted by atomic mass is 32.2. The number of nitrogens with two attached hydrogens (primary N) is 4. The van der Waals surface area contributed by atoms with Gasteiger partial charge in [-0.3, -0.25) is 19.2 Å². The molecule has 4 amide bonds. The van der Waals surface area contributed by atoms with Crippen LogP contribution in [0.3, 0.4) is 0 Å². The van der Waals surface area contributed by atoms with Crippen LogP contribution in [0.2, 0.25) is 0 Å². The summed E-state index contributed by atoms with van der Waals surface area (Å²) < 4.78 is 191. The summed E-state index contributed by atoms with van der Waals surface area (Å²) in [6.07, 6.45) is -1.69. The van der Waals surface area contributed by atoms with E-state index in [9.17, 15) is 63.8 Å². The van der Waals surface area contributed by atoms with Crippen molar-refractivity contribution in [3.05, 3.63) is 118 Å². The van der Waals surface area contributed by atoms with Gasteiger partial charge in [0, 0.05) is 37.3 Å². The highest BCUT2D eigenvalue weighted by Crippen LogP contribution is 2.32. The van der Waals surface area contributed by atoms with E-state index in [1.807, 2.05) is 0 Å². The summed E-state index contributed by atoms with van der Waals surface area (Å²) in [6, 6.07) is 13.4. The van der Waals surface area contributed by atoms with E-state index in [1.54, 1.807) is 0 Å². The molecule has 0 aliphatic carbocycles. The van der Waals surface area contributed by atoms with Crippen molar-refractivity contribution in [2.24, 2.45) is 32.9 Å². The van der Waals surface area contributed by atoms with Crippen molar-refractivity contribution in [1.29, 1.82) is 0 Å². The van der Waals surface area contributed by atoms with Crippen LogP contribution < -0.4 is 52.5 Å². The first kappa shape index (κ1) is 90.2. The number of hydrogen-bond donors (Lipinski definition) is 10. The number of benzene rings is 4. The average Bonchev–Trinajstić information content (AvgIpc) is 0.822. The van der Waals surface area contributed by atoms with Crippen molar-refractivity contribution in [1.82, 2.24) is 20.1 Å². The van der Waals surface area contributed by atoms with Crippen LogP contribution in [-0.2, 0) is 96.1 Å². The second kappa shape index (κ2) is 51.1. The number of carbonyl (C=O) groups is 4. The van der Waals surface area contributed by atoms with Crippen LogP contribution in [0.15, 0.2) is 104 Å². The zero-order valence-electron chi connectivity index (χ0n) is 58.4. The Labute approximate surface area is 610 Å². The maximum Gasteiger partial charge on any atom is 0.275 e. The quantitative estimate of drug-likeness (QED) is 0.00953. The number of amides is 4. The molecule has 0 radical (unpaired) electrons. The molecule has 106 heavy (non-hydrogen) atoms. The Bertz CT molecular complexity index is 3410. The molecule has 0 saturated carbocycles. The van der Waals surface area contributed by atoms with Crippen LogP contribution in [0.4, 0.5) is 17.6 Å². The van der Waals surface area contributed by atoms with Crippen molar-refractivity contribution in [2.75, 3.05) is 185 Å². The second-order valence-corrected chi connectivity index (χ2v) is 25.3. The smallest absolute Gasteiger partial charge is 0.275 e. The Hall–Kier alpha value is -8.24. The van der Waals surface area contributed by atoms with E-state index in [1.165, 1.54) is 74.5 Å². The Morgan fingerprint density at radius 3 is 0.858 bits per heavy atom. The number of carbonyl (C=O) groups excluding carboxylic acids is 4. The Morgan fingerprint density at radius 2 is 0.623 bits per heavy atom. The van der Waals surface area contributed by atoms with Crippen LogP contribution in [0.5, 0.6) is 23.0 Å². The van der Waals surface area contributed by atoms with E-state index < -0.39 is 103 Å². The minimum Gasteiger partial charge on any atom is -0.451 e. The van der Waals surface area contributed by atoms with Gasteiger partial charge in [-0.1, -0.05) is 0 Å². The fourth-order valence-electron chi connectivity index (χ4n) is 8.22. The molecule has 0 spiro atoms. The fraction of sp³-hybridized carbons (Fsp3) is 0.485. The number of aliphatic hydroxyl groups excluding tert-OH is 2. The molecule has 0 heterocycles. The number of hydrogen-bond acceptors (Lipinski definition) is 24. The van der Waals surface area contributed by atoms with Gasteiger partial charge in [-0.25, -0.2) is 43.8 Å². The predicted octanol–water partition coefficient (Wildman–Crippen LogP) is 0.644. The topological polar surface area (TPSA) is 483 Å². The molecule has 4 rings (SSSR count). The molecule has 2 atom stereocenters. The minimum atomic E-state index is -3.96. The Kier molecular flexibility index (Phi) is 43.5. The molecule has 0 aromatic heterocycles. The molecule has 0 aliphatic heterocycles. The standard InChI is InChI=1S/C66H92F4N10O24S2/c1-45(61(83)79-65(71)72)39-47-41-53(67)59(54(68)42-47)103-49-3-7-51(8-4-49)105(87,88)77-13-17-93-21-25-97-29-33-101-37-35-99-31-27-95-23-19-91-15-11-75-63(85)57(81)58(82)64(86)76-12-16-92-20-24-96-28-32-100-36-38-102-34-30-98-26-22-94-18-14-78-106(89,90)52-9-5-50(6-10-52)104-60-55(69)43-48(44-56(60)70)40-46(2)62(84)80-66(73)74/h3-10,39-44,57-58,77-78,81-82H,11-38H2,1-2H3,(H,75,85)(H,76,86)(H4,71,72,79,83)(H4,73,74,80,84). The highest BCUT2D eigenvalue weighted by molar-refractivity contribution is 7.89. The van der Waals surface area contributed by atoms with Crippen LogP contribution in [0.1, 0.15) is 25.0 Å². The zero-order chi connectivity index (χ0) is 77.5. The molecule has 4 aromatic carbocycles. The van der Waals surface area contributed by atoms with E-state index in [0.717, 1.165) is 24.3 Å².